The van der Waals surface area contributed by atoms with E-state index in [1.54, 1.807) is 28.1 Å². The van der Waals surface area contributed by atoms with E-state index < -0.39 is 11.5 Å². The highest BCUT2D eigenvalue weighted by Crippen LogP contribution is 2.38. The fourth-order valence-electron chi connectivity index (χ4n) is 4.54. The van der Waals surface area contributed by atoms with E-state index in [1.165, 1.54) is 6.07 Å². The van der Waals surface area contributed by atoms with E-state index in [4.69, 9.17) is 0 Å². The van der Waals surface area contributed by atoms with E-state index in [2.05, 4.69) is 25.2 Å². The van der Waals surface area contributed by atoms with Crippen LogP contribution in [0, 0.1) is 19.7 Å². The summed E-state index contributed by atoms with van der Waals surface area (Å²) in [6.45, 7) is 6.28. The third-order valence-electron chi connectivity index (χ3n) is 6.32. The van der Waals surface area contributed by atoms with E-state index in [1.807, 2.05) is 19.1 Å². The second-order valence-corrected chi connectivity index (χ2v) is 8.68. The number of imidazole rings is 1. The first-order chi connectivity index (χ1) is 14.9. The Morgan fingerprint density at radius 1 is 1.10 bits per heavy atom. The maximum Gasteiger partial charge on any atom is 0.357 e. The van der Waals surface area contributed by atoms with Crippen LogP contribution in [-0.4, -0.2) is 48.9 Å². The maximum atomic E-state index is 14.6. The number of piperazine rings is 1. The molecule has 2 fully saturated rings. The van der Waals surface area contributed by atoms with Crippen molar-refractivity contribution in [2.45, 2.75) is 32.2 Å². The number of hydrogen-bond acceptors (Lipinski definition) is 6. The van der Waals surface area contributed by atoms with Crippen LogP contribution in [-0.2, 0) is 0 Å². The average Bonchev–Trinajstić information content (AvgIpc) is 3.36. The van der Waals surface area contributed by atoms with E-state index in [9.17, 15) is 9.18 Å². The first-order valence-electron chi connectivity index (χ1n) is 10.5. The number of hydrogen-bond donors (Lipinski definition) is 1. The summed E-state index contributed by atoms with van der Waals surface area (Å²) in [5.41, 5.74) is 2.55. The lowest BCUT2D eigenvalue weighted by Crippen LogP contribution is -2.53. The zero-order chi connectivity index (χ0) is 21.3. The normalized spacial score (nSPS) is 17.7. The van der Waals surface area contributed by atoms with Crippen molar-refractivity contribution in [3.05, 3.63) is 58.2 Å². The van der Waals surface area contributed by atoms with Gasteiger partial charge in [-0.25, -0.2) is 23.6 Å². The van der Waals surface area contributed by atoms with Crippen LogP contribution in [0.2, 0.25) is 0 Å². The van der Waals surface area contributed by atoms with Crippen molar-refractivity contribution in [3.63, 3.8) is 0 Å². The van der Waals surface area contributed by atoms with Gasteiger partial charge in [-0.2, -0.15) is 4.98 Å². The van der Waals surface area contributed by atoms with Gasteiger partial charge in [0.2, 0.25) is 0 Å². The lowest BCUT2D eigenvalue weighted by atomic mass is 10.2. The van der Waals surface area contributed by atoms with Gasteiger partial charge < -0.3 is 14.6 Å². The number of pyridine rings is 2. The first-order valence-corrected chi connectivity index (χ1v) is 10.5. The molecule has 9 heteroatoms. The van der Waals surface area contributed by atoms with Gasteiger partial charge >= 0.3 is 5.69 Å². The molecule has 31 heavy (non-hydrogen) atoms. The van der Waals surface area contributed by atoms with Gasteiger partial charge in [-0.15, -0.1) is 0 Å². The minimum Gasteiger partial charge on any atom is -0.354 e. The molecule has 0 amide bonds. The molecule has 8 nitrogen and oxygen atoms in total. The van der Waals surface area contributed by atoms with E-state index >= 15 is 0 Å². The van der Waals surface area contributed by atoms with Gasteiger partial charge in [0.05, 0.1) is 5.69 Å². The third kappa shape index (κ3) is 2.91. The number of aromatic nitrogens is 5. The van der Waals surface area contributed by atoms with Gasteiger partial charge in [0.1, 0.15) is 11.5 Å². The van der Waals surface area contributed by atoms with Crippen LogP contribution in [0.4, 0.5) is 10.2 Å². The van der Waals surface area contributed by atoms with Crippen LogP contribution in [0.1, 0.15) is 24.1 Å². The molecule has 1 aliphatic carbocycles. The molecule has 1 saturated heterocycles. The van der Waals surface area contributed by atoms with Crippen LogP contribution in [0.3, 0.4) is 0 Å². The number of halogens is 1. The summed E-state index contributed by atoms with van der Waals surface area (Å²) in [6.07, 6.45) is 5.75. The summed E-state index contributed by atoms with van der Waals surface area (Å²) in [7, 11) is 0. The molecule has 0 radical (unpaired) electrons. The molecule has 158 valence electrons. The van der Waals surface area contributed by atoms with Gasteiger partial charge in [-0.3, -0.25) is 0 Å². The van der Waals surface area contributed by atoms with Crippen LogP contribution in [0.25, 0.3) is 22.7 Å². The summed E-state index contributed by atoms with van der Waals surface area (Å²) in [5, 5.41) is 3.59. The second kappa shape index (κ2) is 6.34. The molecule has 6 rings (SSSR count). The molecule has 0 aromatic carbocycles. The number of rotatable bonds is 2. The van der Waals surface area contributed by atoms with Crippen molar-refractivity contribution < 1.29 is 4.39 Å². The number of nitrogens with zero attached hydrogens (tertiary/aromatic N) is 6. The fourth-order valence-corrected chi connectivity index (χ4v) is 4.54. The number of aryl methyl sites for hydroxylation is 2. The van der Waals surface area contributed by atoms with Gasteiger partial charge in [0.25, 0.3) is 0 Å². The molecule has 1 aliphatic heterocycles. The lowest BCUT2D eigenvalue weighted by Gasteiger charge is -2.36. The zero-order valence-electron chi connectivity index (χ0n) is 17.4. The van der Waals surface area contributed by atoms with Crippen molar-refractivity contribution >= 4 is 17.1 Å². The number of nitrogens with one attached hydrogen (secondary N) is 1. The smallest absolute Gasteiger partial charge is 0.354 e. The van der Waals surface area contributed by atoms with E-state index in [0.29, 0.717) is 16.9 Å². The summed E-state index contributed by atoms with van der Waals surface area (Å²) in [4.78, 5) is 28.5. The minimum atomic E-state index is -0.476. The Kier molecular flexibility index (Phi) is 3.77. The Balaban J connectivity index is 1.51. The molecule has 0 bridgehead atoms. The first kappa shape index (κ1) is 18.4. The largest absolute Gasteiger partial charge is 0.357 e. The molecular weight excluding hydrogens is 397 g/mol. The van der Waals surface area contributed by atoms with Gasteiger partial charge in [-0.1, -0.05) is 6.07 Å². The number of fused-ring (bicyclic) bond motifs is 2. The molecule has 0 unspecified atom stereocenters. The quantitative estimate of drug-likeness (QED) is 0.536. The molecule has 2 aliphatic rings. The van der Waals surface area contributed by atoms with Crippen LogP contribution in [0.5, 0.6) is 0 Å². The maximum absolute atomic E-state index is 14.6. The Morgan fingerprint density at radius 2 is 1.94 bits per heavy atom. The average molecular weight is 419 g/mol. The SMILES string of the molecule is Cc1cn2cc(-c3nc(=O)n4c(N5CCNC6(CC6)C5)ccc(C)c4n3)cc(F)c2n1. The summed E-state index contributed by atoms with van der Waals surface area (Å²) < 4.78 is 17.8. The van der Waals surface area contributed by atoms with Gasteiger partial charge in [0, 0.05) is 43.1 Å². The van der Waals surface area contributed by atoms with Crippen LogP contribution >= 0.6 is 0 Å². The predicted molar refractivity (Wildman–Crippen MR) is 115 cm³/mol. The number of anilines is 1. The molecule has 0 atom stereocenters. The Morgan fingerprint density at radius 3 is 2.74 bits per heavy atom. The van der Waals surface area contributed by atoms with Crippen molar-refractivity contribution in [1.29, 1.82) is 0 Å². The monoisotopic (exact) mass is 419 g/mol. The lowest BCUT2D eigenvalue weighted by molar-refractivity contribution is 0.439. The molecule has 1 saturated carbocycles. The van der Waals surface area contributed by atoms with E-state index in [-0.39, 0.29) is 17.0 Å². The summed E-state index contributed by atoms with van der Waals surface area (Å²) >= 11 is 0. The molecule has 1 spiro atoms. The van der Waals surface area contributed by atoms with Crippen LogP contribution < -0.4 is 15.9 Å². The molecule has 1 N–H and O–H groups in total. The topological polar surface area (TPSA) is 79.8 Å². The van der Waals surface area contributed by atoms with Crippen molar-refractivity contribution in [3.8, 4) is 11.4 Å². The Hall–Kier alpha value is -3.33. The molecular formula is C22H22FN7O. The standard InChI is InChI=1S/C22H22FN7O/c1-13-3-4-17(28-8-7-24-22(12-28)5-6-22)30-19(13)26-18(27-21(30)31)15-9-16(23)20-25-14(2)10-29(20)11-15/h3-4,9-11,24H,5-8,12H2,1-2H3. The summed E-state index contributed by atoms with van der Waals surface area (Å²) in [5.74, 6) is 0.531. The second-order valence-electron chi connectivity index (χ2n) is 8.68. The molecule has 4 aromatic rings. The predicted octanol–water partition coefficient (Wildman–Crippen LogP) is 2.10. The third-order valence-corrected chi connectivity index (χ3v) is 6.32. The van der Waals surface area contributed by atoms with E-state index in [0.717, 1.165) is 43.9 Å². The Bertz CT molecular complexity index is 1420. The zero-order valence-corrected chi connectivity index (χ0v) is 17.4. The minimum absolute atomic E-state index is 0.176. The van der Waals surface area contributed by atoms with Crippen molar-refractivity contribution in [2.24, 2.45) is 0 Å². The molecule has 4 aromatic heterocycles. The highest BCUT2D eigenvalue weighted by Gasteiger charge is 2.45. The highest BCUT2D eigenvalue weighted by molar-refractivity contribution is 5.63. The fraction of sp³-hybridized carbons (Fsp3) is 0.364. The van der Waals surface area contributed by atoms with Crippen LogP contribution in [0.15, 0.2) is 35.4 Å². The highest BCUT2D eigenvalue weighted by atomic mass is 19.1. The van der Waals surface area contributed by atoms with Crippen molar-refractivity contribution in [2.75, 3.05) is 24.5 Å². The van der Waals surface area contributed by atoms with Gasteiger partial charge in [0.15, 0.2) is 17.3 Å². The Labute approximate surface area is 177 Å². The van der Waals surface area contributed by atoms with Crippen molar-refractivity contribution in [1.82, 2.24) is 29.1 Å². The molecule has 5 heterocycles. The van der Waals surface area contributed by atoms with Gasteiger partial charge in [-0.05, 0) is 44.4 Å². The summed E-state index contributed by atoms with van der Waals surface area (Å²) in [6, 6.07) is 5.28.